The number of nitrogens with zero attached hydrogens (tertiary/aromatic N) is 3. The number of carbonyl (C=O) groups is 1. The highest BCUT2D eigenvalue weighted by Crippen LogP contribution is 2.49. The standard InChI is InChI=1S/C11H17N3O2S2/c1-3-8-12-13-10(18-6-9(15)16)14(8)7-11(17-2)4-5-11/h3-7H2,1-2H3,(H,15,16). The molecule has 1 heterocycles. The van der Waals surface area contributed by atoms with E-state index in [0.29, 0.717) is 4.75 Å². The minimum absolute atomic E-state index is 0.0358. The zero-order valence-corrected chi connectivity index (χ0v) is 12.2. The maximum atomic E-state index is 10.6. The predicted molar refractivity (Wildman–Crippen MR) is 73.2 cm³/mol. The van der Waals surface area contributed by atoms with Crippen molar-refractivity contribution in [2.45, 2.75) is 42.6 Å². The van der Waals surface area contributed by atoms with E-state index in [4.69, 9.17) is 5.11 Å². The van der Waals surface area contributed by atoms with Crippen LogP contribution in [0.2, 0.25) is 0 Å². The maximum absolute atomic E-state index is 10.6. The van der Waals surface area contributed by atoms with Gasteiger partial charge in [-0.05, 0) is 19.1 Å². The van der Waals surface area contributed by atoms with Crippen molar-refractivity contribution in [3.05, 3.63) is 5.82 Å². The number of rotatable bonds is 7. The van der Waals surface area contributed by atoms with Gasteiger partial charge in [0, 0.05) is 17.7 Å². The SMILES string of the molecule is CCc1nnc(SCC(=O)O)n1CC1(SC)CC1. The van der Waals surface area contributed by atoms with Crippen LogP contribution in [0.4, 0.5) is 0 Å². The first-order valence-corrected chi connectivity index (χ1v) is 8.13. The third-order valence-corrected chi connectivity index (χ3v) is 5.48. The van der Waals surface area contributed by atoms with Crippen molar-refractivity contribution in [2.75, 3.05) is 12.0 Å². The summed E-state index contributed by atoms with van der Waals surface area (Å²) < 4.78 is 2.42. The van der Waals surface area contributed by atoms with E-state index >= 15 is 0 Å². The Morgan fingerprint density at radius 3 is 2.72 bits per heavy atom. The number of carboxylic acids is 1. The van der Waals surface area contributed by atoms with E-state index in [1.54, 1.807) is 0 Å². The van der Waals surface area contributed by atoms with Gasteiger partial charge in [0.2, 0.25) is 0 Å². The van der Waals surface area contributed by atoms with Crippen molar-refractivity contribution in [3.8, 4) is 0 Å². The van der Waals surface area contributed by atoms with Crippen molar-refractivity contribution in [1.29, 1.82) is 0 Å². The van der Waals surface area contributed by atoms with E-state index in [1.165, 1.54) is 24.6 Å². The van der Waals surface area contributed by atoms with Gasteiger partial charge >= 0.3 is 5.97 Å². The molecule has 1 aromatic rings. The lowest BCUT2D eigenvalue weighted by molar-refractivity contribution is -0.133. The average molecular weight is 287 g/mol. The highest BCUT2D eigenvalue weighted by molar-refractivity contribution is 8.00. The topological polar surface area (TPSA) is 68.0 Å². The van der Waals surface area contributed by atoms with Crippen LogP contribution in [0, 0.1) is 0 Å². The minimum Gasteiger partial charge on any atom is -0.481 e. The largest absolute Gasteiger partial charge is 0.481 e. The highest BCUT2D eigenvalue weighted by atomic mass is 32.2. The first kappa shape index (κ1) is 13.7. The van der Waals surface area contributed by atoms with Crippen molar-refractivity contribution in [1.82, 2.24) is 14.8 Å². The fourth-order valence-corrected chi connectivity index (χ4v) is 3.27. The summed E-state index contributed by atoms with van der Waals surface area (Å²) >= 11 is 3.14. The molecule has 1 aliphatic rings. The van der Waals surface area contributed by atoms with Crippen LogP contribution in [-0.4, -0.2) is 42.6 Å². The van der Waals surface area contributed by atoms with Crippen molar-refractivity contribution >= 4 is 29.5 Å². The van der Waals surface area contributed by atoms with Gasteiger partial charge in [0.05, 0.1) is 5.75 Å². The van der Waals surface area contributed by atoms with Crippen LogP contribution in [0.3, 0.4) is 0 Å². The molecule has 1 saturated carbocycles. The lowest BCUT2D eigenvalue weighted by Gasteiger charge is -2.15. The Bertz CT molecular complexity index is 443. The second-order valence-electron chi connectivity index (χ2n) is 4.41. The molecule has 0 aromatic carbocycles. The average Bonchev–Trinajstić information content (AvgIpc) is 3.02. The Hall–Kier alpha value is -0.690. The summed E-state index contributed by atoms with van der Waals surface area (Å²) in [6, 6.07) is 0. The van der Waals surface area contributed by atoms with Crippen LogP contribution < -0.4 is 0 Å². The molecule has 1 aliphatic carbocycles. The van der Waals surface area contributed by atoms with E-state index in [1.807, 2.05) is 18.7 Å². The van der Waals surface area contributed by atoms with Gasteiger partial charge in [-0.1, -0.05) is 18.7 Å². The zero-order chi connectivity index (χ0) is 13.2. The number of carboxylic acid groups (broad SMARTS) is 1. The Morgan fingerprint density at radius 2 is 2.22 bits per heavy atom. The quantitative estimate of drug-likeness (QED) is 0.773. The molecular formula is C11H17N3O2S2. The van der Waals surface area contributed by atoms with E-state index < -0.39 is 5.97 Å². The first-order chi connectivity index (χ1) is 8.60. The Balaban J connectivity index is 2.14. The van der Waals surface area contributed by atoms with Crippen molar-refractivity contribution in [2.24, 2.45) is 0 Å². The number of aromatic nitrogens is 3. The van der Waals surface area contributed by atoms with Crippen LogP contribution in [0.15, 0.2) is 5.16 Å². The molecule has 0 amide bonds. The molecule has 0 bridgehead atoms. The molecule has 0 saturated heterocycles. The number of hydrogen-bond donors (Lipinski definition) is 1. The monoisotopic (exact) mass is 287 g/mol. The summed E-state index contributed by atoms with van der Waals surface area (Å²) in [5.41, 5.74) is 0. The summed E-state index contributed by atoms with van der Waals surface area (Å²) in [7, 11) is 0. The normalized spacial score (nSPS) is 16.8. The van der Waals surface area contributed by atoms with E-state index in [2.05, 4.69) is 21.0 Å². The molecule has 0 spiro atoms. The van der Waals surface area contributed by atoms with Crippen LogP contribution in [-0.2, 0) is 17.8 Å². The van der Waals surface area contributed by atoms with Crippen molar-refractivity contribution in [3.63, 3.8) is 0 Å². The molecule has 0 atom stereocenters. The molecule has 0 aliphatic heterocycles. The van der Waals surface area contributed by atoms with Gasteiger partial charge in [-0.2, -0.15) is 11.8 Å². The second-order valence-corrected chi connectivity index (χ2v) is 6.62. The van der Waals surface area contributed by atoms with Gasteiger partial charge in [-0.25, -0.2) is 0 Å². The first-order valence-electron chi connectivity index (χ1n) is 5.92. The van der Waals surface area contributed by atoms with Crippen LogP contribution in [0.1, 0.15) is 25.6 Å². The molecule has 7 heteroatoms. The molecule has 2 rings (SSSR count). The number of hydrogen-bond acceptors (Lipinski definition) is 5. The summed E-state index contributed by atoms with van der Waals surface area (Å²) in [6.45, 7) is 2.94. The second kappa shape index (κ2) is 5.52. The van der Waals surface area contributed by atoms with Crippen LogP contribution in [0.25, 0.3) is 0 Å². The number of thioether (sulfide) groups is 2. The van der Waals surface area contributed by atoms with Gasteiger partial charge in [0.1, 0.15) is 5.82 Å². The summed E-state index contributed by atoms with van der Waals surface area (Å²) in [6.07, 6.45) is 5.40. The molecule has 0 unspecified atom stereocenters. The smallest absolute Gasteiger partial charge is 0.313 e. The fourth-order valence-electron chi connectivity index (χ4n) is 1.83. The number of aliphatic carboxylic acids is 1. The molecular weight excluding hydrogens is 270 g/mol. The molecule has 1 fully saturated rings. The number of aryl methyl sites for hydroxylation is 1. The summed E-state index contributed by atoms with van der Waals surface area (Å²) in [4.78, 5) is 10.6. The lowest BCUT2D eigenvalue weighted by atomic mass is 10.4. The fraction of sp³-hybridized carbons (Fsp3) is 0.727. The highest BCUT2D eigenvalue weighted by Gasteiger charge is 2.43. The van der Waals surface area contributed by atoms with Crippen molar-refractivity contribution < 1.29 is 9.90 Å². The summed E-state index contributed by atoms with van der Waals surface area (Å²) in [5.74, 6) is 0.163. The molecule has 18 heavy (non-hydrogen) atoms. The Morgan fingerprint density at radius 1 is 1.50 bits per heavy atom. The van der Waals surface area contributed by atoms with E-state index in [9.17, 15) is 4.79 Å². The molecule has 0 radical (unpaired) electrons. The van der Waals surface area contributed by atoms with Gasteiger partial charge < -0.3 is 9.67 Å². The third-order valence-electron chi connectivity index (χ3n) is 3.12. The van der Waals surface area contributed by atoms with Crippen LogP contribution >= 0.6 is 23.5 Å². The van der Waals surface area contributed by atoms with Gasteiger partial charge in [-0.3, -0.25) is 4.79 Å². The van der Waals surface area contributed by atoms with Crippen LogP contribution in [0.5, 0.6) is 0 Å². The van der Waals surface area contributed by atoms with E-state index in [-0.39, 0.29) is 5.75 Å². The van der Waals surface area contributed by atoms with Gasteiger partial charge in [0.15, 0.2) is 5.16 Å². The third kappa shape index (κ3) is 3.00. The molecule has 1 N–H and O–H groups in total. The molecule has 1 aromatic heterocycles. The summed E-state index contributed by atoms with van der Waals surface area (Å²) in [5, 5.41) is 17.7. The zero-order valence-electron chi connectivity index (χ0n) is 10.5. The van der Waals surface area contributed by atoms with E-state index in [0.717, 1.165) is 23.9 Å². The van der Waals surface area contributed by atoms with Gasteiger partial charge in [-0.15, -0.1) is 10.2 Å². The predicted octanol–water partition coefficient (Wildman–Crippen LogP) is 1.91. The Kier molecular flexibility index (Phi) is 4.21. The van der Waals surface area contributed by atoms with Gasteiger partial charge in [0.25, 0.3) is 0 Å². The lowest BCUT2D eigenvalue weighted by Crippen LogP contribution is -2.17. The molecule has 100 valence electrons. The molecule has 5 nitrogen and oxygen atoms in total. The minimum atomic E-state index is -0.821. The maximum Gasteiger partial charge on any atom is 0.313 e. The Labute approximate surface area is 115 Å².